The predicted octanol–water partition coefficient (Wildman–Crippen LogP) is 3.83. The number of hydrogen-bond acceptors (Lipinski definition) is 4. The van der Waals surface area contributed by atoms with E-state index in [0.29, 0.717) is 31.4 Å². The van der Waals surface area contributed by atoms with Crippen LogP contribution in [0.25, 0.3) is 0 Å². The number of halogens is 3. The van der Waals surface area contributed by atoms with Gasteiger partial charge in [0.25, 0.3) is 0 Å². The predicted molar refractivity (Wildman–Crippen MR) is 146 cm³/mol. The summed E-state index contributed by atoms with van der Waals surface area (Å²) in [7, 11) is 0. The van der Waals surface area contributed by atoms with Crippen molar-refractivity contribution < 1.29 is 32.3 Å². The van der Waals surface area contributed by atoms with E-state index in [1.165, 1.54) is 17.0 Å². The van der Waals surface area contributed by atoms with Gasteiger partial charge in [0.05, 0.1) is 5.56 Å². The summed E-state index contributed by atoms with van der Waals surface area (Å²) in [6.07, 6.45) is -2.84. The first kappa shape index (κ1) is 33.1. The number of rotatable bonds is 10. The molecule has 2 rings (SSSR count). The average Bonchev–Trinajstić information content (AvgIpc) is 3.35. The molecule has 1 unspecified atom stereocenters. The molecule has 1 aromatic carbocycles. The van der Waals surface area contributed by atoms with Gasteiger partial charge in [-0.3, -0.25) is 19.2 Å². The summed E-state index contributed by atoms with van der Waals surface area (Å²) in [5.41, 5.74) is -1.24. The molecular weight excluding hydrogens is 525 g/mol. The Morgan fingerprint density at radius 2 is 1.57 bits per heavy atom. The van der Waals surface area contributed by atoms with Gasteiger partial charge in [-0.15, -0.1) is 0 Å². The van der Waals surface area contributed by atoms with Gasteiger partial charge in [-0.05, 0) is 50.3 Å². The van der Waals surface area contributed by atoms with Gasteiger partial charge in [0.15, 0.2) is 0 Å². The topological polar surface area (TPSA) is 108 Å². The fraction of sp³-hybridized carbons (Fsp3) is 0.655. The zero-order valence-electron chi connectivity index (χ0n) is 24.4. The molecule has 1 saturated heterocycles. The number of alkyl halides is 3. The highest BCUT2D eigenvalue weighted by atomic mass is 19.4. The minimum Gasteiger partial charge on any atom is -0.352 e. The van der Waals surface area contributed by atoms with E-state index in [9.17, 15) is 32.3 Å². The van der Waals surface area contributed by atoms with Crippen LogP contribution < -0.4 is 16.0 Å². The van der Waals surface area contributed by atoms with Crippen LogP contribution in [0.4, 0.5) is 13.2 Å². The second-order valence-corrected chi connectivity index (χ2v) is 11.9. The van der Waals surface area contributed by atoms with Crippen LogP contribution in [0, 0.1) is 11.3 Å². The minimum atomic E-state index is -4.50. The molecule has 8 nitrogen and oxygen atoms in total. The summed E-state index contributed by atoms with van der Waals surface area (Å²) in [6.45, 7) is 12.8. The van der Waals surface area contributed by atoms with Gasteiger partial charge in [0, 0.05) is 24.4 Å². The molecule has 3 N–H and O–H groups in total. The molecule has 0 saturated carbocycles. The Bertz CT molecular complexity index is 1050. The normalized spacial score (nSPS) is 18.2. The van der Waals surface area contributed by atoms with Crippen LogP contribution in [0.2, 0.25) is 0 Å². The van der Waals surface area contributed by atoms with Crippen molar-refractivity contribution in [1.82, 2.24) is 20.9 Å². The number of hydrogen-bond donors (Lipinski definition) is 3. The Labute approximate surface area is 234 Å². The molecule has 1 aliphatic heterocycles. The number of nitrogens with zero attached hydrogens (tertiary/aromatic N) is 1. The number of likely N-dealkylation sites (tertiary alicyclic amines) is 1. The van der Waals surface area contributed by atoms with Crippen LogP contribution in [-0.2, 0) is 31.8 Å². The lowest BCUT2D eigenvalue weighted by atomic mass is 9.93. The first-order valence-corrected chi connectivity index (χ1v) is 13.8. The second-order valence-electron chi connectivity index (χ2n) is 11.9. The van der Waals surface area contributed by atoms with Gasteiger partial charge in [-0.2, -0.15) is 13.2 Å². The Kier molecular flexibility index (Phi) is 11.2. The molecule has 0 bridgehead atoms. The van der Waals surface area contributed by atoms with E-state index in [2.05, 4.69) is 16.0 Å². The van der Waals surface area contributed by atoms with E-state index in [1.807, 2.05) is 27.7 Å². The van der Waals surface area contributed by atoms with E-state index in [-0.39, 0.29) is 30.2 Å². The van der Waals surface area contributed by atoms with Gasteiger partial charge in [-0.25, -0.2) is 0 Å². The van der Waals surface area contributed by atoms with Crippen LogP contribution in [0.5, 0.6) is 0 Å². The number of carbonyl (C=O) groups excluding carboxylic acids is 4. The quantitative estimate of drug-likeness (QED) is 0.399. The molecule has 1 heterocycles. The largest absolute Gasteiger partial charge is 0.416 e. The highest BCUT2D eigenvalue weighted by molar-refractivity contribution is 5.95. The van der Waals surface area contributed by atoms with Crippen molar-refractivity contribution >= 4 is 23.6 Å². The van der Waals surface area contributed by atoms with Gasteiger partial charge < -0.3 is 20.9 Å². The SMILES string of the molecule is CCC(C)[C@H](NC(=O)[C@@H](Cc1ccc(C(F)(F)F)cc1)NC(=O)C(C)(C)C)C(=O)N1CCC[C@@H]1C(=O)NC(C)C. The minimum absolute atomic E-state index is 0.0731. The van der Waals surface area contributed by atoms with Crippen LogP contribution in [0.15, 0.2) is 24.3 Å². The molecule has 224 valence electrons. The zero-order chi connectivity index (χ0) is 30.4. The van der Waals surface area contributed by atoms with Crippen molar-refractivity contribution in [3.8, 4) is 0 Å². The standard InChI is InChI=1S/C29H43F3N4O4/c1-8-18(4)23(26(39)36-15-9-10-22(36)25(38)33-17(2)3)35-24(37)21(34-27(40)28(5,6)7)16-19-11-13-20(14-12-19)29(30,31)32/h11-14,17-18,21-23H,8-10,15-16H2,1-7H3,(H,33,38)(H,34,40)(H,35,37)/t18?,21-,22-,23+/m1/s1. The van der Waals surface area contributed by atoms with Crippen LogP contribution in [-0.4, -0.2) is 59.2 Å². The van der Waals surface area contributed by atoms with Crippen molar-refractivity contribution in [3.63, 3.8) is 0 Å². The van der Waals surface area contributed by atoms with Crippen LogP contribution >= 0.6 is 0 Å². The molecule has 0 radical (unpaired) electrons. The monoisotopic (exact) mass is 568 g/mol. The number of benzene rings is 1. The summed E-state index contributed by atoms with van der Waals surface area (Å²) < 4.78 is 39.1. The lowest BCUT2D eigenvalue weighted by molar-refractivity contribution is -0.143. The second kappa shape index (κ2) is 13.5. The molecule has 11 heteroatoms. The van der Waals surface area contributed by atoms with Gasteiger partial charge in [0.2, 0.25) is 23.6 Å². The van der Waals surface area contributed by atoms with Crippen molar-refractivity contribution in [3.05, 3.63) is 35.4 Å². The third kappa shape index (κ3) is 8.96. The fourth-order valence-corrected chi connectivity index (χ4v) is 4.45. The molecule has 40 heavy (non-hydrogen) atoms. The van der Waals surface area contributed by atoms with E-state index in [4.69, 9.17) is 0 Å². The molecule has 1 aliphatic rings. The zero-order valence-corrected chi connectivity index (χ0v) is 24.4. The number of amides is 4. The van der Waals surface area contributed by atoms with Crippen molar-refractivity contribution in [1.29, 1.82) is 0 Å². The van der Waals surface area contributed by atoms with Crippen molar-refractivity contribution in [2.24, 2.45) is 11.3 Å². The van der Waals surface area contributed by atoms with Crippen LogP contribution in [0.1, 0.15) is 78.9 Å². The molecule has 0 aromatic heterocycles. The Morgan fingerprint density at radius 1 is 0.975 bits per heavy atom. The first-order chi connectivity index (χ1) is 18.4. The van der Waals surface area contributed by atoms with E-state index in [0.717, 1.165) is 12.1 Å². The Morgan fingerprint density at radius 3 is 2.08 bits per heavy atom. The maximum absolute atomic E-state index is 13.7. The highest BCUT2D eigenvalue weighted by Gasteiger charge is 2.40. The maximum Gasteiger partial charge on any atom is 0.416 e. The Hall–Kier alpha value is -3.11. The fourth-order valence-electron chi connectivity index (χ4n) is 4.45. The van der Waals surface area contributed by atoms with Gasteiger partial charge >= 0.3 is 6.18 Å². The first-order valence-electron chi connectivity index (χ1n) is 13.8. The Balaban J connectivity index is 2.32. The molecule has 1 fully saturated rings. The molecular formula is C29H43F3N4O4. The maximum atomic E-state index is 13.7. The lowest BCUT2D eigenvalue weighted by Crippen LogP contribution is -2.59. The van der Waals surface area contributed by atoms with E-state index < -0.39 is 47.1 Å². The summed E-state index contributed by atoms with van der Waals surface area (Å²) in [5, 5.41) is 8.36. The van der Waals surface area contributed by atoms with Crippen LogP contribution in [0.3, 0.4) is 0 Å². The van der Waals surface area contributed by atoms with Crippen molar-refractivity contribution in [2.75, 3.05) is 6.54 Å². The molecule has 4 atom stereocenters. The van der Waals surface area contributed by atoms with Gasteiger partial charge in [-0.1, -0.05) is 53.2 Å². The average molecular weight is 569 g/mol. The third-order valence-corrected chi connectivity index (χ3v) is 7.07. The molecule has 0 aliphatic carbocycles. The molecule has 1 aromatic rings. The third-order valence-electron chi connectivity index (χ3n) is 7.07. The molecule has 4 amide bonds. The van der Waals surface area contributed by atoms with Crippen molar-refractivity contribution in [2.45, 2.75) is 104 Å². The highest BCUT2D eigenvalue weighted by Crippen LogP contribution is 2.29. The molecule has 0 spiro atoms. The summed E-state index contributed by atoms with van der Waals surface area (Å²) in [4.78, 5) is 54.4. The van der Waals surface area contributed by atoms with E-state index >= 15 is 0 Å². The summed E-state index contributed by atoms with van der Waals surface area (Å²) in [6, 6.07) is 1.58. The van der Waals surface area contributed by atoms with E-state index in [1.54, 1.807) is 20.8 Å². The number of nitrogens with one attached hydrogen (secondary N) is 3. The summed E-state index contributed by atoms with van der Waals surface area (Å²) >= 11 is 0. The number of carbonyl (C=O) groups is 4. The van der Waals surface area contributed by atoms with Gasteiger partial charge in [0.1, 0.15) is 18.1 Å². The smallest absolute Gasteiger partial charge is 0.352 e. The lowest BCUT2D eigenvalue weighted by Gasteiger charge is -2.33. The summed E-state index contributed by atoms with van der Waals surface area (Å²) in [5.74, 6) is -1.95.